The third kappa shape index (κ3) is 1.83. The number of carbonyl (C=O) groups is 1. The molecule has 1 heteroatoms. The van der Waals surface area contributed by atoms with Crippen LogP contribution in [0.25, 0.3) is 0 Å². The second kappa shape index (κ2) is 2.37. The van der Waals surface area contributed by atoms with Crippen molar-refractivity contribution in [3.8, 4) is 0 Å². The molecule has 0 aromatic carbocycles. The fourth-order valence-electron chi connectivity index (χ4n) is 1.87. The second-order valence-electron chi connectivity index (χ2n) is 4.19. The van der Waals surface area contributed by atoms with Crippen molar-refractivity contribution >= 4 is 5.78 Å². The van der Waals surface area contributed by atoms with E-state index in [1.165, 1.54) is 0 Å². The van der Waals surface area contributed by atoms with Crippen LogP contribution in [0, 0.1) is 11.3 Å². The maximum atomic E-state index is 11.2. The van der Waals surface area contributed by atoms with Gasteiger partial charge in [0.15, 0.2) is 0 Å². The summed E-state index contributed by atoms with van der Waals surface area (Å²) >= 11 is 0. The Kier molecular flexibility index (Phi) is 1.51. The van der Waals surface area contributed by atoms with Crippen LogP contribution in [0.2, 0.25) is 0 Å². The predicted octanol–water partition coefficient (Wildman–Crippen LogP) is 2.40. The standard InChI is InChI=1S/C9H16O/c1-7-4-8(10)6-9(2,3)5-7/h7H,4-6H2,1-3H3/i7D. The van der Waals surface area contributed by atoms with Gasteiger partial charge in [-0.15, -0.1) is 0 Å². The van der Waals surface area contributed by atoms with Gasteiger partial charge < -0.3 is 0 Å². The van der Waals surface area contributed by atoms with E-state index in [0.29, 0.717) is 12.8 Å². The lowest BCUT2D eigenvalue weighted by Gasteiger charge is -2.32. The Bertz CT molecular complexity index is 164. The second-order valence-corrected chi connectivity index (χ2v) is 4.19. The van der Waals surface area contributed by atoms with Crippen LogP contribution in [-0.4, -0.2) is 5.78 Å². The van der Waals surface area contributed by atoms with Crippen molar-refractivity contribution in [1.29, 1.82) is 0 Å². The van der Waals surface area contributed by atoms with Crippen LogP contribution in [0.4, 0.5) is 0 Å². The van der Waals surface area contributed by atoms with Gasteiger partial charge in [0.1, 0.15) is 5.78 Å². The first-order valence-corrected chi connectivity index (χ1v) is 3.83. The number of hydrogen-bond donors (Lipinski definition) is 0. The zero-order valence-corrected chi connectivity index (χ0v) is 7.03. The van der Waals surface area contributed by atoms with Gasteiger partial charge in [0.25, 0.3) is 0 Å². The first-order valence-electron chi connectivity index (χ1n) is 4.33. The SMILES string of the molecule is [2H]C1(C)CC(=O)CC(C)(C)C1. The molecule has 1 saturated carbocycles. The first-order chi connectivity index (χ1) is 4.81. The van der Waals surface area contributed by atoms with Crippen molar-refractivity contribution in [3.63, 3.8) is 0 Å². The molecular formula is C9H16O. The van der Waals surface area contributed by atoms with Crippen molar-refractivity contribution in [1.82, 2.24) is 0 Å². The molecule has 0 saturated heterocycles. The number of Topliss-reactive ketones (excluding diaryl/α,β-unsaturated/α-hetero) is 1. The molecule has 1 fully saturated rings. The maximum Gasteiger partial charge on any atom is 0.133 e. The van der Waals surface area contributed by atoms with Crippen LogP contribution in [0.15, 0.2) is 0 Å². The molecular weight excluding hydrogens is 124 g/mol. The smallest absolute Gasteiger partial charge is 0.133 e. The number of hydrogen-bond acceptors (Lipinski definition) is 1. The Morgan fingerprint density at radius 3 is 2.70 bits per heavy atom. The van der Waals surface area contributed by atoms with Crippen molar-refractivity contribution < 1.29 is 6.17 Å². The van der Waals surface area contributed by atoms with E-state index >= 15 is 0 Å². The maximum absolute atomic E-state index is 11.2. The lowest BCUT2D eigenvalue weighted by molar-refractivity contribution is -0.124. The number of carbonyl (C=O) groups excluding carboxylic acids is 1. The molecule has 0 N–H and O–H groups in total. The summed E-state index contributed by atoms with van der Waals surface area (Å²) in [5.74, 6) is -0.266. The fraction of sp³-hybridized carbons (Fsp3) is 0.889. The Balaban J connectivity index is 2.74. The van der Waals surface area contributed by atoms with E-state index in [1.54, 1.807) is 0 Å². The molecule has 0 spiro atoms. The molecule has 1 rings (SSSR count). The third-order valence-electron chi connectivity index (χ3n) is 1.95. The highest BCUT2D eigenvalue weighted by Crippen LogP contribution is 2.36. The number of ketones is 1. The van der Waals surface area contributed by atoms with E-state index in [2.05, 4.69) is 13.8 Å². The molecule has 0 aliphatic heterocycles. The molecule has 58 valence electrons. The average Bonchev–Trinajstić information content (AvgIpc) is 1.49. The predicted molar refractivity (Wildman–Crippen MR) is 41.8 cm³/mol. The van der Waals surface area contributed by atoms with Gasteiger partial charge in [-0.2, -0.15) is 0 Å². The largest absolute Gasteiger partial charge is 0.300 e. The van der Waals surface area contributed by atoms with Crippen molar-refractivity contribution in [2.24, 2.45) is 11.3 Å². The quantitative estimate of drug-likeness (QED) is 0.506. The monoisotopic (exact) mass is 141 g/mol. The summed E-state index contributed by atoms with van der Waals surface area (Å²) in [4.78, 5) is 11.2. The summed E-state index contributed by atoms with van der Waals surface area (Å²) in [5, 5.41) is 0. The minimum Gasteiger partial charge on any atom is -0.300 e. The van der Waals surface area contributed by atoms with Gasteiger partial charge in [0.2, 0.25) is 0 Å². The van der Waals surface area contributed by atoms with E-state index in [4.69, 9.17) is 1.37 Å². The topological polar surface area (TPSA) is 17.1 Å². The highest BCUT2D eigenvalue weighted by atomic mass is 16.1. The van der Waals surface area contributed by atoms with Crippen LogP contribution in [0.5, 0.6) is 0 Å². The van der Waals surface area contributed by atoms with Gasteiger partial charge in [-0.25, -0.2) is 0 Å². The highest BCUT2D eigenvalue weighted by molar-refractivity contribution is 5.80. The molecule has 0 aromatic heterocycles. The van der Waals surface area contributed by atoms with E-state index in [1.807, 2.05) is 6.92 Å². The molecule has 0 aromatic rings. The van der Waals surface area contributed by atoms with Crippen LogP contribution >= 0.6 is 0 Å². The molecule has 1 aliphatic carbocycles. The normalized spacial score (nSPS) is 41.1. The zero-order chi connectivity index (χ0) is 8.70. The van der Waals surface area contributed by atoms with E-state index in [9.17, 15) is 4.79 Å². The van der Waals surface area contributed by atoms with Crippen molar-refractivity contribution in [3.05, 3.63) is 0 Å². The van der Waals surface area contributed by atoms with Gasteiger partial charge in [-0.05, 0) is 17.7 Å². The van der Waals surface area contributed by atoms with Gasteiger partial charge >= 0.3 is 0 Å². The Hall–Kier alpha value is -0.330. The minimum atomic E-state index is -0.515. The molecule has 0 heterocycles. The summed E-state index contributed by atoms with van der Waals surface area (Å²) < 4.78 is 7.79. The molecule has 0 radical (unpaired) electrons. The summed E-state index contributed by atoms with van der Waals surface area (Å²) in [6.45, 7) is 5.99. The summed E-state index contributed by atoms with van der Waals surface area (Å²) in [5.41, 5.74) is 0.0475. The van der Waals surface area contributed by atoms with Gasteiger partial charge in [0, 0.05) is 14.2 Å². The Labute approximate surface area is 64.2 Å². The lowest BCUT2D eigenvalue weighted by atomic mass is 9.72. The minimum absolute atomic E-state index is 0.0475. The molecule has 1 atom stereocenters. The van der Waals surface area contributed by atoms with Crippen LogP contribution in [0.1, 0.15) is 41.4 Å². The van der Waals surface area contributed by atoms with Crippen molar-refractivity contribution in [2.45, 2.75) is 40.0 Å². The van der Waals surface area contributed by atoms with Crippen molar-refractivity contribution in [2.75, 3.05) is 0 Å². The fourth-order valence-corrected chi connectivity index (χ4v) is 1.87. The summed E-state index contributed by atoms with van der Waals surface area (Å²) in [6.07, 6.45) is 1.93. The van der Waals surface area contributed by atoms with Crippen LogP contribution in [0.3, 0.4) is 0 Å². The van der Waals surface area contributed by atoms with E-state index in [-0.39, 0.29) is 11.2 Å². The Morgan fingerprint density at radius 2 is 2.30 bits per heavy atom. The third-order valence-corrected chi connectivity index (χ3v) is 1.95. The van der Waals surface area contributed by atoms with Gasteiger partial charge in [0.05, 0.1) is 0 Å². The zero-order valence-electron chi connectivity index (χ0n) is 8.03. The molecule has 0 bridgehead atoms. The van der Waals surface area contributed by atoms with E-state index in [0.717, 1.165) is 6.42 Å². The molecule has 1 unspecified atom stereocenters. The van der Waals surface area contributed by atoms with Crippen LogP contribution < -0.4 is 0 Å². The first kappa shape index (κ1) is 6.38. The molecule has 0 amide bonds. The van der Waals surface area contributed by atoms with Gasteiger partial charge in [-0.1, -0.05) is 20.8 Å². The van der Waals surface area contributed by atoms with E-state index < -0.39 is 5.89 Å². The molecule has 1 nitrogen and oxygen atoms in total. The highest BCUT2D eigenvalue weighted by Gasteiger charge is 2.30. The summed E-state index contributed by atoms with van der Waals surface area (Å²) in [6, 6.07) is 0. The number of rotatable bonds is 0. The summed E-state index contributed by atoms with van der Waals surface area (Å²) in [7, 11) is 0. The van der Waals surface area contributed by atoms with Gasteiger partial charge in [-0.3, -0.25) is 4.79 Å². The molecule has 10 heavy (non-hydrogen) atoms. The average molecular weight is 141 g/mol. The Morgan fingerprint density at radius 1 is 1.70 bits per heavy atom. The molecule has 1 aliphatic rings. The van der Waals surface area contributed by atoms with Crippen LogP contribution in [-0.2, 0) is 4.79 Å². The lowest BCUT2D eigenvalue weighted by Crippen LogP contribution is -2.27.